The number of benzene rings is 1. The molecule has 1 aliphatic heterocycles. The number of aromatic nitrogens is 2. The minimum atomic E-state index is 0.405. The van der Waals surface area contributed by atoms with Gasteiger partial charge >= 0.3 is 0 Å². The van der Waals surface area contributed by atoms with E-state index in [9.17, 15) is 0 Å². The number of pyridine rings is 1. The van der Waals surface area contributed by atoms with Gasteiger partial charge in [-0.1, -0.05) is 11.6 Å². The van der Waals surface area contributed by atoms with Crippen molar-refractivity contribution < 1.29 is 0 Å². The van der Waals surface area contributed by atoms with Crippen molar-refractivity contribution in [2.24, 2.45) is 0 Å². The molecule has 1 unspecified atom stereocenters. The summed E-state index contributed by atoms with van der Waals surface area (Å²) >= 11 is 6.32. The lowest BCUT2D eigenvalue weighted by atomic mass is 9.85. The smallest absolute Gasteiger partial charge is 0.0529 e. The Morgan fingerprint density at radius 3 is 3.00 bits per heavy atom. The van der Waals surface area contributed by atoms with Gasteiger partial charge in [0.05, 0.1) is 5.52 Å². The van der Waals surface area contributed by atoms with Crippen molar-refractivity contribution in [3.05, 3.63) is 64.1 Å². The van der Waals surface area contributed by atoms with Gasteiger partial charge in [-0.3, -0.25) is 9.88 Å². The summed E-state index contributed by atoms with van der Waals surface area (Å²) in [7, 11) is 2.20. The number of likely N-dealkylation sites (N-methyl/N-ethyl adjacent to an activating group) is 1. The van der Waals surface area contributed by atoms with Gasteiger partial charge in [-0.05, 0) is 60.5 Å². The number of halogens is 1. The van der Waals surface area contributed by atoms with Gasteiger partial charge in [-0.15, -0.1) is 0 Å². The van der Waals surface area contributed by atoms with Crippen LogP contribution in [0.2, 0.25) is 5.02 Å². The first-order valence-electron chi connectivity index (χ1n) is 8.80. The number of nitrogens with zero attached hydrogens (tertiary/aromatic N) is 3. The lowest BCUT2D eigenvalue weighted by Gasteiger charge is -2.31. The first-order chi connectivity index (χ1) is 12.1. The quantitative estimate of drug-likeness (QED) is 0.629. The van der Waals surface area contributed by atoms with Crippen LogP contribution in [0.3, 0.4) is 0 Å². The SMILES string of the molecule is CC1c2c(n(C=C3Cc4cnccc43)c3ccc(Cl)cc23)CCN1C. The van der Waals surface area contributed by atoms with Crippen molar-refractivity contribution in [1.29, 1.82) is 0 Å². The van der Waals surface area contributed by atoms with Crippen LogP contribution in [0, 0.1) is 0 Å². The van der Waals surface area contributed by atoms with Crippen molar-refractivity contribution >= 4 is 34.3 Å². The minimum Gasteiger partial charge on any atom is -0.320 e. The molecule has 5 rings (SSSR count). The van der Waals surface area contributed by atoms with Crippen molar-refractivity contribution in [2.75, 3.05) is 13.6 Å². The maximum atomic E-state index is 6.32. The maximum absolute atomic E-state index is 6.32. The molecule has 0 amide bonds. The Hall–Kier alpha value is -2.10. The summed E-state index contributed by atoms with van der Waals surface area (Å²) < 4.78 is 2.41. The van der Waals surface area contributed by atoms with Crippen molar-refractivity contribution in [3.63, 3.8) is 0 Å². The van der Waals surface area contributed by atoms with E-state index in [1.54, 1.807) is 0 Å². The monoisotopic (exact) mass is 349 g/mol. The van der Waals surface area contributed by atoms with Crippen LogP contribution in [0.15, 0.2) is 36.7 Å². The Balaban J connectivity index is 1.75. The average Bonchev–Trinajstić information content (AvgIpc) is 2.89. The number of rotatable bonds is 1. The van der Waals surface area contributed by atoms with Crippen LogP contribution in [0.25, 0.3) is 22.7 Å². The van der Waals surface area contributed by atoms with E-state index >= 15 is 0 Å². The highest BCUT2D eigenvalue weighted by Gasteiger charge is 2.28. The molecule has 0 saturated heterocycles. The zero-order valence-corrected chi connectivity index (χ0v) is 15.2. The van der Waals surface area contributed by atoms with E-state index in [4.69, 9.17) is 11.6 Å². The molecule has 2 aliphatic rings. The van der Waals surface area contributed by atoms with Crippen LogP contribution in [-0.4, -0.2) is 28.0 Å². The molecule has 0 radical (unpaired) electrons. The van der Waals surface area contributed by atoms with E-state index in [-0.39, 0.29) is 0 Å². The number of allylic oxidation sites excluding steroid dienone is 1. The molecule has 1 aliphatic carbocycles. The van der Waals surface area contributed by atoms with Gasteiger partial charge in [0.1, 0.15) is 0 Å². The largest absolute Gasteiger partial charge is 0.320 e. The molecular weight excluding hydrogens is 330 g/mol. The van der Waals surface area contributed by atoms with Crippen LogP contribution in [0.5, 0.6) is 0 Å². The Morgan fingerprint density at radius 1 is 1.28 bits per heavy atom. The summed E-state index contributed by atoms with van der Waals surface area (Å²) in [5.74, 6) is 0. The molecule has 126 valence electrons. The van der Waals surface area contributed by atoms with Gasteiger partial charge in [0.15, 0.2) is 0 Å². The van der Waals surface area contributed by atoms with Gasteiger partial charge in [-0.25, -0.2) is 0 Å². The average molecular weight is 350 g/mol. The molecule has 0 fully saturated rings. The molecule has 4 heteroatoms. The van der Waals surface area contributed by atoms with Gasteiger partial charge in [0.25, 0.3) is 0 Å². The van der Waals surface area contributed by atoms with Gasteiger partial charge in [-0.2, -0.15) is 0 Å². The molecule has 3 heterocycles. The summed E-state index contributed by atoms with van der Waals surface area (Å²) in [4.78, 5) is 6.64. The van der Waals surface area contributed by atoms with Crippen LogP contribution < -0.4 is 0 Å². The number of hydrogen-bond acceptors (Lipinski definition) is 2. The number of fused-ring (bicyclic) bond motifs is 4. The standard InChI is InChI=1S/C21H20ClN3/c1-13-21-18-10-16(22)3-4-19(18)25(20(21)6-8-24(13)2)12-15-9-14-11-23-7-5-17(14)15/h3-5,7,10-13H,6,8-9H2,1-2H3. The van der Waals surface area contributed by atoms with Crippen molar-refractivity contribution in [1.82, 2.24) is 14.5 Å². The maximum Gasteiger partial charge on any atom is 0.0529 e. The predicted octanol–water partition coefficient (Wildman–Crippen LogP) is 4.79. The zero-order valence-electron chi connectivity index (χ0n) is 14.5. The van der Waals surface area contributed by atoms with Gasteiger partial charge < -0.3 is 4.57 Å². The summed E-state index contributed by atoms with van der Waals surface area (Å²) in [5.41, 5.74) is 8.18. The van der Waals surface area contributed by atoms with Crippen molar-refractivity contribution in [2.45, 2.75) is 25.8 Å². The predicted molar refractivity (Wildman–Crippen MR) is 104 cm³/mol. The van der Waals surface area contributed by atoms with Gasteiger partial charge in [0.2, 0.25) is 0 Å². The summed E-state index contributed by atoms with van der Waals surface area (Å²) in [5, 5.41) is 2.09. The Kier molecular flexibility index (Phi) is 3.31. The summed E-state index contributed by atoms with van der Waals surface area (Å²) in [6, 6.07) is 8.81. The fourth-order valence-electron chi connectivity index (χ4n) is 4.28. The van der Waals surface area contributed by atoms with E-state index in [1.165, 1.54) is 38.9 Å². The minimum absolute atomic E-state index is 0.405. The lowest BCUT2D eigenvalue weighted by Crippen LogP contribution is -2.30. The van der Waals surface area contributed by atoms with E-state index < -0.39 is 0 Å². The fraction of sp³-hybridized carbons (Fsp3) is 0.286. The third-order valence-corrected chi connectivity index (χ3v) is 6.04. The molecule has 3 nitrogen and oxygen atoms in total. The number of hydrogen-bond donors (Lipinski definition) is 0. The molecule has 25 heavy (non-hydrogen) atoms. The van der Waals surface area contributed by atoms with Crippen LogP contribution in [-0.2, 0) is 12.8 Å². The van der Waals surface area contributed by atoms with Crippen LogP contribution in [0.1, 0.15) is 35.3 Å². The second-order valence-electron chi connectivity index (χ2n) is 7.16. The molecule has 1 atom stereocenters. The second kappa shape index (κ2) is 5.45. The Labute approximate surface area is 152 Å². The molecular formula is C21H20ClN3. The van der Waals surface area contributed by atoms with Crippen molar-refractivity contribution in [3.8, 4) is 0 Å². The molecule has 0 bridgehead atoms. The van der Waals surface area contributed by atoms with E-state index in [0.29, 0.717) is 6.04 Å². The van der Waals surface area contributed by atoms with E-state index in [2.05, 4.69) is 52.8 Å². The van der Waals surface area contributed by atoms with Crippen LogP contribution >= 0.6 is 11.6 Å². The van der Waals surface area contributed by atoms with Crippen LogP contribution in [0.4, 0.5) is 0 Å². The first kappa shape index (κ1) is 15.2. The van der Waals surface area contributed by atoms with Gasteiger partial charge in [0, 0.05) is 60.1 Å². The Morgan fingerprint density at radius 2 is 2.16 bits per heavy atom. The fourth-order valence-corrected chi connectivity index (χ4v) is 4.45. The molecule has 0 spiro atoms. The second-order valence-corrected chi connectivity index (χ2v) is 7.60. The summed E-state index contributed by atoms with van der Waals surface area (Å²) in [6.07, 6.45) is 8.25. The third-order valence-electron chi connectivity index (χ3n) is 5.81. The first-order valence-corrected chi connectivity index (χ1v) is 9.17. The highest BCUT2D eigenvalue weighted by molar-refractivity contribution is 6.31. The normalized spacial score (nSPS) is 21.2. The summed E-state index contributed by atoms with van der Waals surface area (Å²) in [6.45, 7) is 3.38. The third kappa shape index (κ3) is 2.19. The lowest BCUT2D eigenvalue weighted by molar-refractivity contribution is 0.247. The molecule has 0 saturated carbocycles. The molecule has 1 aromatic carbocycles. The van der Waals surface area contributed by atoms with E-state index in [0.717, 1.165) is 24.4 Å². The molecule has 2 aromatic heterocycles. The molecule has 0 N–H and O–H groups in total. The van der Waals surface area contributed by atoms with E-state index in [1.807, 2.05) is 18.5 Å². The highest BCUT2D eigenvalue weighted by atomic mass is 35.5. The zero-order chi connectivity index (χ0) is 17.1. The Bertz CT molecular complexity index is 1030. The molecule has 3 aromatic rings. The topological polar surface area (TPSA) is 21.1 Å². The highest BCUT2D eigenvalue weighted by Crippen LogP contribution is 2.40.